The van der Waals surface area contributed by atoms with Crippen LogP contribution in [0.25, 0.3) is 0 Å². The van der Waals surface area contributed by atoms with Gasteiger partial charge in [-0.25, -0.2) is 4.98 Å². The lowest BCUT2D eigenvalue weighted by atomic mass is 10.3. The highest BCUT2D eigenvalue weighted by Gasteiger charge is 2.19. The lowest BCUT2D eigenvalue weighted by Gasteiger charge is -2.24. The zero-order valence-corrected chi connectivity index (χ0v) is 12.9. The average molecular weight is 284 g/mol. The van der Waals surface area contributed by atoms with E-state index in [2.05, 4.69) is 45.0 Å². The van der Waals surface area contributed by atoms with Gasteiger partial charge < -0.3 is 9.88 Å². The minimum Gasteiger partial charge on any atom is -0.326 e. The average Bonchev–Trinajstić information content (AvgIpc) is 3.11. The third-order valence-electron chi connectivity index (χ3n) is 4.15. The zero-order chi connectivity index (χ0) is 14.7. The number of para-hydroxylation sites is 1. The number of anilines is 2. The first kappa shape index (κ1) is 14.1. The van der Waals surface area contributed by atoms with E-state index in [1.165, 1.54) is 25.9 Å². The van der Waals surface area contributed by atoms with Crippen LogP contribution in [0.2, 0.25) is 0 Å². The molecule has 3 rings (SSSR count). The molecule has 1 aliphatic rings. The quantitative estimate of drug-likeness (QED) is 0.913. The molecule has 1 aromatic heterocycles. The van der Waals surface area contributed by atoms with Crippen molar-refractivity contribution in [3.63, 3.8) is 0 Å². The molecule has 112 valence electrons. The molecule has 4 nitrogen and oxygen atoms in total. The highest BCUT2D eigenvalue weighted by molar-refractivity contribution is 5.53. The van der Waals surface area contributed by atoms with Gasteiger partial charge in [-0.05, 0) is 51.9 Å². The molecule has 0 saturated carbocycles. The predicted octanol–water partition coefficient (Wildman–Crippen LogP) is 3.42. The summed E-state index contributed by atoms with van der Waals surface area (Å²) in [7, 11) is 0. The summed E-state index contributed by atoms with van der Waals surface area (Å²) >= 11 is 0. The van der Waals surface area contributed by atoms with Crippen LogP contribution >= 0.6 is 0 Å². The highest BCUT2D eigenvalue weighted by atomic mass is 15.2. The first-order chi connectivity index (χ1) is 10.2. The summed E-state index contributed by atoms with van der Waals surface area (Å²) in [5.74, 6) is 0.935. The second-order valence-corrected chi connectivity index (χ2v) is 5.94. The number of aromatic nitrogens is 2. The van der Waals surface area contributed by atoms with E-state index in [0.29, 0.717) is 6.04 Å². The molecule has 0 aliphatic carbocycles. The molecule has 2 aromatic rings. The number of imidazole rings is 1. The molecule has 1 aromatic carbocycles. The van der Waals surface area contributed by atoms with Gasteiger partial charge in [0, 0.05) is 24.5 Å². The molecule has 2 heterocycles. The standard InChI is InChI=1S/C17H24N4/c1-14-12-21(13-15(2)20-10-6-7-11-20)17(18-14)19-16-8-4-3-5-9-16/h3-5,8-9,12,15H,6-7,10-11,13H2,1-2H3,(H,18,19). The number of hydrogen-bond donors (Lipinski definition) is 1. The van der Waals surface area contributed by atoms with E-state index < -0.39 is 0 Å². The monoisotopic (exact) mass is 284 g/mol. The fourth-order valence-electron chi connectivity index (χ4n) is 3.02. The Kier molecular flexibility index (Phi) is 4.25. The Bertz CT molecular complexity index is 570. The summed E-state index contributed by atoms with van der Waals surface area (Å²) < 4.78 is 2.24. The van der Waals surface area contributed by atoms with Gasteiger partial charge in [0.1, 0.15) is 0 Å². The topological polar surface area (TPSA) is 33.1 Å². The fourth-order valence-corrected chi connectivity index (χ4v) is 3.02. The zero-order valence-electron chi connectivity index (χ0n) is 12.9. The molecule has 1 saturated heterocycles. The first-order valence-electron chi connectivity index (χ1n) is 7.82. The van der Waals surface area contributed by atoms with Crippen molar-refractivity contribution in [3.8, 4) is 0 Å². The van der Waals surface area contributed by atoms with Gasteiger partial charge in [0.05, 0.1) is 5.69 Å². The Morgan fingerprint density at radius 2 is 1.90 bits per heavy atom. The molecular weight excluding hydrogens is 260 g/mol. The number of benzene rings is 1. The van der Waals surface area contributed by atoms with Gasteiger partial charge >= 0.3 is 0 Å². The lowest BCUT2D eigenvalue weighted by molar-refractivity contribution is 0.236. The molecule has 21 heavy (non-hydrogen) atoms. The SMILES string of the molecule is Cc1cn(CC(C)N2CCCC2)c(Nc2ccccc2)n1. The number of rotatable bonds is 5. The van der Waals surface area contributed by atoms with E-state index in [0.717, 1.165) is 23.9 Å². The van der Waals surface area contributed by atoms with Crippen LogP contribution in [0.3, 0.4) is 0 Å². The maximum atomic E-state index is 4.62. The largest absolute Gasteiger partial charge is 0.326 e. The molecular formula is C17H24N4. The third-order valence-corrected chi connectivity index (χ3v) is 4.15. The molecule has 1 fully saturated rings. The normalized spacial score (nSPS) is 17.0. The van der Waals surface area contributed by atoms with Gasteiger partial charge in [-0.15, -0.1) is 0 Å². The Labute approximate surface area is 126 Å². The smallest absolute Gasteiger partial charge is 0.207 e. The third kappa shape index (κ3) is 3.45. The van der Waals surface area contributed by atoms with Crippen molar-refractivity contribution in [3.05, 3.63) is 42.2 Å². The van der Waals surface area contributed by atoms with Gasteiger partial charge in [-0.2, -0.15) is 0 Å². The van der Waals surface area contributed by atoms with Crippen LogP contribution in [0.5, 0.6) is 0 Å². The van der Waals surface area contributed by atoms with Gasteiger partial charge in [0.2, 0.25) is 5.95 Å². The van der Waals surface area contributed by atoms with Crippen LogP contribution in [0, 0.1) is 6.92 Å². The Hall–Kier alpha value is -1.81. The molecule has 0 radical (unpaired) electrons. The molecule has 1 aliphatic heterocycles. The fraction of sp³-hybridized carbons (Fsp3) is 0.471. The van der Waals surface area contributed by atoms with Crippen LogP contribution in [-0.4, -0.2) is 33.6 Å². The van der Waals surface area contributed by atoms with Crippen LogP contribution < -0.4 is 5.32 Å². The van der Waals surface area contributed by atoms with Crippen LogP contribution in [-0.2, 0) is 6.54 Å². The van der Waals surface area contributed by atoms with Gasteiger partial charge in [0.15, 0.2) is 0 Å². The minimum atomic E-state index is 0.553. The van der Waals surface area contributed by atoms with E-state index in [4.69, 9.17) is 0 Å². The highest BCUT2D eigenvalue weighted by Crippen LogP contribution is 2.19. The number of nitrogens with one attached hydrogen (secondary N) is 1. The van der Waals surface area contributed by atoms with Crippen molar-refractivity contribution >= 4 is 11.6 Å². The van der Waals surface area contributed by atoms with Crippen molar-refractivity contribution in [2.75, 3.05) is 18.4 Å². The number of nitrogens with zero attached hydrogens (tertiary/aromatic N) is 3. The summed E-state index contributed by atoms with van der Waals surface area (Å²) in [5, 5.41) is 3.42. The summed E-state index contributed by atoms with van der Waals surface area (Å²) in [4.78, 5) is 7.19. The van der Waals surface area contributed by atoms with Crippen LogP contribution in [0.1, 0.15) is 25.5 Å². The van der Waals surface area contributed by atoms with E-state index in [-0.39, 0.29) is 0 Å². The maximum absolute atomic E-state index is 4.62. The van der Waals surface area contributed by atoms with Crippen molar-refractivity contribution in [1.29, 1.82) is 0 Å². The Morgan fingerprint density at radius 1 is 1.19 bits per heavy atom. The molecule has 1 atom stereocenters. The van der Waals surface area contributed by atoms with Crippen LogP contribution in [0.4, 0.5) is 11.6 Å². The van der Waals surface area contributed by atoms with Gasteiger partial charge in [0.25, 0.3) is 0 Å². The number of aryl methyl sites for hydroxylation is 1. The summed E-state index contributed by atoms with van der Waals surface area (Å²) in [6, 6.07) is 10.8. The van der Waals surface area contributed by atoms with Crippen molar-refractivity contribution in [1.82, 2.24) is 14.5 Å². The van der Waals surface area contributed by atoms with E-state index in [1.54, 1.807) is 0 Å². The van der Waals surface area contributed by atoms with Crippen molar-refractivity contribution in [2.24, 2.45) is 0 Å². The summed E-state index contributed by atoms with van der Waals surface area (Å²) in [6.07, 6.45) is 4.81. The molecule has 1 N–H and O–H groups in total. The van der Waals surface area contributed by atoms with E-state index in [9.17, 15) is 0 Å². The van der Waals surface area contributed by atoms with Gasteiger partial charge in [-0.3, -0.25) is 4.90 Å². The first-order valence-corrected chi connectivity index (χ1v) is 7.82. The van der Waals surface area contributed by atoms with E-state index in [1.807, 2.05) is 25.1 Å². The van der Waals surface area contributed by atoms with Gasteiger partial charge in [-0.1, -0.05) is 18.2 Å². The van der Waals surface area contributed by atoms with Crippen molar-refractivity contribution < 1.29 is 0 Å². The number of likely N-dealkylation sites (tertiary alicyclic amines) is 1. The Morgan fingerprint density at radius 3 is 2.62 bits per heavy atom. The molecule has 4 heteroatoms. The predicted molar refractivity (Wildman–Crippen MR) is 87.0 cm³/mol. The molecule has 0 spiro atoms. The minimum absolute atomic E-state index is 0.553. The van der Waals surface area contributed by atoms with Crippen molar-refractivity contribution in [2.45, 2.75) is 39.3 Å². The molecule has 0 bridgehead atoms. The number of hydrogen-bond acceptors (Lipinski definition) is 3. The maximum Gasteiger partial charge on any atom is 0.207 e. The second kappa shape index (κ2) is 6.31. The summed E-state index contributed by atoms with van der Waals surface area (Å²) in [5.41, 5.74) is 2.14. The molecule has 0 amide bonds. The lowest BCUT2D eigenvalue weighted by Crippen LogP contribution is -2.33. The Balaban J connectivity index is 1.73. The van der Waals surface area contributed by atoms with Crippen LogP contribution in [0.15, 0.2) is 36.5 Å². The summed E-state index contributed by atoms with van der Waals surface area (Å²) in [6.45, 7) is 7.81. The van der Waals surface area contributed by atoms with E-state index >= 15 is 0 Å². The molecule has 1 unspecified atom stereocenters. The second-order valence-electron chi connectivity index (χ2n) is 5.94.